The summed E-state index contributed by atoms with van der Waals surface area (Å²) in [5, 5.41) is 0. The summed E-state index contributed by atoms with van der Waals surface area (Å²) in [6.45, 7) is 3.76. The van der Waals surface area contributed by atoms with Crippen molar-refractivity contribution in [2.24, 2.45) is 0 Å². The Labute approximate surface area is 149 Å². The van der Waals surface area contributed by atoms with Crippen LogP contribution in [-0.2, 0) is 26.1 Å². The quantitative estimate of drug-likeness (QED) is 0.665. The van der Waals surface area contributed by atoms with Crippen molar-refractivity contribution in [1.29, 1.82) is 0 Å². The van der Waals surface area contributed by atoms with E-state index in [1.54, 1.807) is 0 Å². The van der Waals surface area contributed by atoms with Crippen molar-refractivity contribution in [3.8, 4) is 5.75 Å². The summed E-state index contributed by atoms with van der Waals surface area (Å²) in [5.74, 6) is 0.971. The van der Waals surface area contributed by atoms with Crippen LogP contribution >= 0.6 is 0 Å². The van der Waals surface area contributed by atoms with Crippen molar-refractivity contribution in [1.82, 2.24) is 4.90 Å². The van der Waals surface area contributed by atoms with Gasteiger partial charge in [-0.15, -0.1) is 0 Å². The standard InChI is InChI=1S/C23H23NO/c1-3-7-19(8-4-1)16-24-14-13-21-15-23(12-11-22(21)17-24)25-18-20-9-5-2-6-10-20/h1-12,15H,13-14,16-18H2. The number of rotatable bonds is 5. The van der Waals surface area contributed by atoms with Crippen LogP contribution < -0.4 is 4.74 Å². The van der Waals surface area contributed by atoms with E-state index in [2.05, 4.69) is 65.6 Å². The maximum Gasteiger partial charge on any atom is 0.120 e. The first-order valence-electron chi connectivity index (χ1n) is 8.92. The van der Waals surface area contributed by atoms with E-state index < -0.39 is 0 Å². The lowest BCUT2D eigenvalue weighted by molar-refractivity contribution is 0.244. The highest BCUT2D eigenvalue weighted by atomic mass is 16.5. The van der Waals surface area contributed by atoms with Crippen LogP contribution in [0.4, 0.5) is 0 Å². The molecule has 2 nitrogen and oxygen atoms in total. The molecule has 2 heteroatoms. The number of fused-ring (bicyclic) bond motifs is 1. The highest BCUT2D eigenvalue weighted by molar-refractivity contribution is 5.37. The summed E-state index contributed by atoms with van der Waals surface area (Å²) < 4.78 is 5.97. The van der Waals surface area contributed by atoms with Gasteiger partial charge in [-0.25, -0.2) is 0 Å². The molecule has 0 aromatic heterocycles. The predicted octanol–water partition coefficient (Wildman–Crippen LogP) is 4.82. The van der Waals surface area contributed by atoms with Gasteiger partial charge in [-0.2, -0.15) is 0 Å². The largest absolute Gasteiger partial charge is 0.489 e. The minimum absolute atomic E-state index is 0.625. The monoisotopic (exact) mass is 329 g/mol. The molecule has 0 N–H and O–H groups in total. The zero-order valence-electron chi connectivity index (χ0n) is 14.4. The van der Waals surface area contributed by atoms with Crippen LogP contribution in [0, 0.1) is 0 Å². The van der Waals surface area contributed by atoms with Crippen LogP contribution in [0.2, 0.25) is 0 Å². The van der Waals surface area contributed by atoms with Gasteiger partial charge < -0.3 is 4.74 Å². The van der Waals surface area contributed by atoms with E-state index in [9.17, 15) is 0 Å². The molecule has 1 aliphatic rings. The predicted molar refractivity (Wildman–Crippen MR) is 101 cm³/mol. The van der Waals surface area contributed by atoms with Gasteiger partial charge in [0.2, 0.25) is 0 Å². The van der Waals surface area contributed by atoms with Crippen LogP contribution in [0.1, 0.15) is 22.3 Å². The molecule has 0 saturated heterocycles. The molecule has 0 radical (unpaired) electrons. The third kappa shape index (κ3) is 4.09. The number of benzene rings is 3. The van der Waals surface area contributed by atoms with Gasteiger partial charge in [0.1, 0.15) is 12.4 Å². The number of hydrogen-bond donors (Lipinski definition) is 0. The van der Waals surface area contributed by atoms with Crippen molar-refractivity contribution >= 4 is 0 Å². The third-order valence-electron chi connectivity index (χ3n) is 4.77. The van der Waals surface area contributed by atoms with Gasteiger partial charge in [0.25, 0.3) is 0 Å². The summed E-state index contributed by atoms with van der Waals surface area (Å²) in [6, 6.07) is 27.6. The smallest absolute Gasteiger partial charge is 0.120 e. The third-order valence-corrected chi connectivity index (χ3v) is 4.77. The Balaban J connectivity index is 1.39. The summed E-state index contributed by atoms with van der Waals surface area (Å²) in [6.07, 6.45) is 1.09. The fraction of sp³-hybridized carbons (Fsp3) is 0.217. The van der Waals surface area contributed by atoms with Gasteiger partial charge in [-0.1, -0.05) is 66.7 Å². The van der Waals surface area contributed by atoms with Gasteiger partial charge in [-0.3, -0.25) is 4.90 Å². The minimum atomic E-state index is 0.625. The molecular weight excluding hydrogens is 306 g/mol. The van der Waals surface area contributed by atoms with Crippen LogP contribution in [-0.4, -0.2) is 11.4 Å². The first-order chi connectivity index (χ1) is 12.4. The Kier molecular flexibility index (Phi) is 4.80. The Bertz CT molecular complexity index is 814. The second-order valence-corrected chi connectivity index (χ2v) is 6.65. The van der Waals surface area contributed by atoms with Gasteiger partial charge in [-0.05, 0) is 40.8 Å². The summed E-state index contributed by atoms with van der Waals surface area (Å²) in [4.78, 5) is 2.52. The molecule has 0 spiro atoms. The van der Waals surface area contributed by atoms with E-state index in [0.29, 0.717) is 6.61 Å². The van der Waals surface area contributed by atoms with E-state index in [1.807, 2.05) is 18.2 Å². The number of ether oxygens (including phenoxy) is 1. The zero-order valence-corrected chi connectivity index (χ0v) is 14.4. The fourth-order valence-electron chi connectivity index (χ4n) is 3.40. The molecule has 0 atom stereocenters. The molecule has 0 bridgehead atoms. The van der Waals surface area contributed by atoms with E-state index in [0.717, 1.165) is 31.8 Å². The average Bonchev–Trinajstić information content (AvgIpc) is 2.68. The average molecular weight is 329 g/mol. The molecular formula is C23H23NO. The summed E-state index contributed by atoms with van der Waals surface area (Å²) >= 11 is 0. The molecule has 25 heavy (non-hydrogen) atoms. The lowest BCUT2D eigenvalue weighted by Gasteiger charge is -2.29. The van der Waals surface area contributed by atoms with Gasteiger partial charge in [0.15, 0.2) is 0 Å². The van der Waals surface area contributed by atoms with Crippen molar-refractivity contribution in [3.63, 3.8) is 0 Å². The maximum atomic E-state index is 5.97. The SMILES string of the molecule is c1ccc(COc2ccc3c(c2)CCN(Cc2ccccc2)C3)cc1. The molecule has 0 amide bonds. The van der Waals surface area contributed by atoms with Crippen molar-refractivity contribution in [2.75, 3.05) is 6.54 Å². The molecule has 3 aromatic rings. The number of nitrogens with zero attached hydrogens (tertiary/aromatic N) is 1. The first kappa shape index (κ1) is 15.9. The summed E-state index contributed by atoms with van der Waals surface area (Å²) in [7, 11) is 0. The van der Waals surface area contributed by atoms with E-state index >= 15 is 0 Å². The van der Waals surface area contributed by atoms with Gasteiger partial charge >= 0.3 is 0 Å². The van der Waals surface area contributed by atoms with Gasteiger partial charge in [0, 0.05) is 19.6 Å². The highest BCUT2D eigenvalue weighted by Gasteiger charge is 2.17. The number of hydrogen-bond acceptors (Lipinski definition) is 2. The molecule has 3 aromatic carbocycles. The lowest BCUT2D eigenvalue weighted by atomic mass is 9.99. The maximum absolute atomic E-state index is 5.97. The molecule has 0 fully saturated rings. The Morgan fingerprint density at radius 1 is 0.760 bits per heavy atom. The lowest BCUT2D eigenvalue weighted by Crippen LogP contribution is -2.30. The first-order valence-corrected chi connectivity index (χ1v) is 8.92. The van der Waals surface area contributed by atoms with Crippen LogP contribution in [0.25, 0.3) is 0 Å². The highest BCUT2D eigenvalue weighted by Crippen LogP contribution is 2.25. The molecule has 1 aliphatic heterocycles. The summed E-state index contributed by atoms with van der Waals surface area (Å²) in [5.41, 5.74) is 5.44. The van der Waals surface area contributed by atoms with Crippen molar-refractivity contribution in [3.05, 3.63) is 101 Å². The molecule has 126 valence electrons. The Morgan fingerprint density at radius 2 is 1.48 bits per heavy atom. The van der Waals surface area contributed by atoms with Crippen molar-refractivity contribution in [2.45, 2.75) is 26.1 Å². The zero-order chi connectivity index (χ0) is 16.9. The molecule has 1 heterocycles. The van der Waals surface area contributed by atoms with Crippen LogP contribution in [0.3, 0.4) is 0 Å². The van der Waals surface area contributed by atoms with E-state index in [-0.39, 0.29) is 0 Å². The van der Waals surface area contributed by atoms with Gasteiger partial charge in [0.05, 0.1) is 0 Å². The topological polar surface area (TPSA) is 12.5 Å². The molecule has 4 rings (SSSR count). The second-order valence-electron chi connectivity index (χ2n) is 6.65. The van der Waals surface area contributed by atoms with Crippen LogP contribution in [0.5, 0.6) is 5.75 Å². The molecule has 0 saturated carbocycles. The minimum Gasteiger partial charge on any atom is -0.489 e. The Morgan fingerprint density at radius 3 is 2.24 bits per heavy atom. The molecule has 0 aliphatic carbocycles. The van der Waals surface area contributed by atoms with E-state index in [1.165, 1.54) is 22.3 Å². The van der Waals surface area contributed by atoms with Crippen LogP contribution in [0.15, 0.2) is 78.9 Å². The van der Waals surface area contributed by atoms with Crippen molar-refractivity contribution < 1.29 is 4.74 Å². The van der Waals surface area contributed by atoms with E-state index in [4.69, 9.17) is 4.74 Å². The molecule has 0 unspecified atom stereocenters. The Hall–Kier alpha value is -2.58. The normalized spacial score (nSPS) is 14.1. The fourth-order valence-corrected chi connectivity index (χ4v) is 3.40. The second kappa shape index (κ2) is 7.54.